The molecule has 0 unspecified atom stereocenters. The number of nitro benzene ring substituents is 1. The number of hydrogen-bond donors (Lipinski definition) is 2. The molecule has 0 heterocycles. The van der Waals surface area contributed by atoms with Gasteiger partial charge in [0, 0.05) is 29.9 Å². The Morgan fingerprint density at radius 1 is 0.806 bits per heavy atom. The van der Waals surface area contributed by atoms with Crippen molar-refractivity contribution >= 4 is 28.9 Å². The average Bonchev–Trinajstić information content (AvgIpc) is 2.78. The Bertz CT molecular complexity index is 1040. The van der Waals surface area contributed by atoms with Gasteiger partial charge >= 0.3 is 0 Å². The van der Waals surface area contributed by atoms with Gasteiger partial charge in [-0.1, -0.05) is 30.3 Å². The van der Waals surface area contributed by atoms with E-state index in [1.54, 1.807) is 24.3 Å². The topological polar surface area (TPSA) is 111 Å². The van der Waals surface area contributed by atoms with E-state index in [0.29, 0.717) is 30.0 Å². The molecule has 0 saturated heterocycles. The summed E-state index contributed by atoms with van der Waals surface area (Å²) in [6.07, 6.45) is 1.04. The van der Waals surface area contributed by atoms with Crippen molar-refractivity contribution in [3.8, 4) is 5.75 Å². The standard InChI is InChI=1S/C23H21N3O5/c27-22(15-6-17-4-2-1-3-5-17)24-18-7-9-19(10-8-18)25-23(28)16-31-21-13-11-20(12-14-21)26(29)30/h1-5,7-14H,6,15-16H2,(H,24,27)(H,25,28). The van der Waals surface area contributed by atoms with Crippen molar-refractivity contribution in [3.63, 3.8) is 0 Å². The molecule has 0 aliphatic heterocycles. The van der Waals surface area contributed by atoms with Gasteiger partial charge in [-0.15, -0.1) is 0 Å². The molecule has 0 saturated carbocycles. The van der Waals surface area contributed by atoms with E-state index in [0.717, 1.165) is 5.56 Å². The minimum absolute atomic E-state index is 0.0518. The number of aryl methyl sites for hydroxylation is 1. The molecule has 2 amide bonds. The zero-order valence-corrected chi connectivity index (χ0v) is 16.6. The van der Waals surface area contributed by atoms with Crippen LogP contribution in [0.3, 0.4) is 0 Å². The first-order chi connectivity index (χ1) is 15.0. The molecule has 3 aromatic carbocycles. The summed E-state index contributed by atoms with van der Waals surface area (Å²) in [5.41, 5.74) is 2.24. The molecule has 3 rings (SSSR count). The molecule has 0 bridgehead atoms. The number of ether oxygens (including phenoxy) is 1. The van der Waals surface area contributed by atoms with E-state index < -0.39 is 4.92 Å². The number of carbonyl (C=O) groups is 2. The van der Waals surface area contributed by atoms with Crippen LogP contribution in [0.15, 0.2) is 78.9 Å². The van der Waals surface area contributed by atoms with E-state index in [4.69, 9.17) is 4.74 Å². The summed E-state index contributed by atoms with van der Waals surface area (Å²) in [7, 11) is 0. The second-order valence-corrected chi connectivity index (χ2v) is 6.70. The van der Waals surface area contributed by atoms with Crippen molar-refractivity contribution in [1.82, 2.24) is 0 Å². The van der Waals surface area contributed by atoms with Crippen LogP contribution in [0, 0.1) is 10.1 Å². The van der Waals surface area contributed by atoms with Gasteiger partial charge in [0.05, 0.1) is 4.92 Å². The summed E-state index contributed by atoms with van der Waals surface area (Å²) in [5.74, 6) is -0.107. The second kappa shape index (κ2) is 10.5. The number of benzene rings is 3. The van der Waals surface area contributed by atoms with E-state index in [2.05, 4.69) is 10.6 Å². The molecule has 8 nitrogen and oxygen atoms in total. The summed E-state index contributed by atoms with van der Waals surface area (Å²) in [4.78, 5) is 34.2. The number of nitrogens with zero attached hydrogens (tertiary/aromatic N) is 1. The first-order valence-corrected chi connectivity index (χ1v) is 9.60. The molecule has 158 valence electrons. The summed E-state index contributed by atoms with van der Waals surface area (Å²) in [5, 5.41) is 16.1. The maximum atomic E-state index is 12.1. The molecule has 2 N–H and O–H groups in total. The maximum absolute atomic E-state index is 12.1. The lowest BCUT2D eigenvalue weighted by molar-refractivity contribution is -0.384. The summed E-state index contributed by atoms with van der Waals surface area (Å²) in [6, 6.07) is 22.0. The molecule has 0 aliphatic rings. The Kier molecular flexibility index (Phi) is 7.31. The number of nitrogens with one attached hydrogen (secondary N) is 2. The minimum Gasteiger partial charge on any atom is -0.484 e. The molecule has 31 heavy (non-hydrogen) atoms. The van der Waals surface area contributed by atoms with Crippen LogP contribution in [-0.4, -0.2) is 23.3 Å². The predicted octanol–water partition coefficient (Wildman–Crippen LogP) is 4.18. The highest BCUT2D eigenvalue weighted by atomic mass is 16.6. The van der Waals surface area contributed by atoms with Crippen LogP contribution in [0.1, 0.15) is 12.0 Å². The summed E-state index contributed by atoms with van der Waals surface area (Å²) in [6.45, 7) is -0.240. The first kappa shape index (κ1) is 21.5. The number of rotatable bonds is 9. The van der Waals surface area contributed by atoms with E-state index in [-0.39, 0.29) is 24.1 Å². The molecule has 0 atom stereocenters. The zero-order chi connectivity index (χ0) is 22.1. The highest BCUT2D eigenvalue weighted by Gasteiger charge is 2.08. The largest absolute Gasteiger partial charge is 0.484 e. The average molecular weight is 419 g/mol. The molecule has 8 heteroatoms. The summed E-state index contributed by atoms with van der Waals surface area (Å²) < 4.78 is 5.32. The molecule has 3 aromatic rings. The third kappa shape index (κ3) is 6.97. The maximum Gasteiger partial charge on any atom is 0.269 e. The number of non-ortho nitro benzene ring substituents is 1. The molecule has 0 spiro atoms. The second-order valence-electron chi connectivity index (χ2n) is 6.70. The Morgan fingerprint density at radius 3 is 1.97 bits per heavy atom. The van der Waals surface area contributed by atoms with Gasteiger partial charge in [-0.2, -0.15) is 0 Å². The van der Waals surface area contributed by atoms with Crippen molar-refractivity contribution in [1.29, 1.82) is 0 Å². The van der Waals surface area contributed by atoms with Gasteiger partial charge in [0.1, 0.15) is 5.75 Å². The number of amides is 2. The Hall–Kier alpha value is -4.20. The fourth-order valence-corrected chi connectivity index (χ4v) is 2.77. The predicted molar refractivity (Wildman–Crippen MR) is 117 cm³/mol. The fraction of sp³-hybridized carbons (Fsp3) is 0.130. The van der Waals surface area contributed by atoms with Crippen LogP contribution in [-0.2, 0) is 16.0 Å². The van der Waals surface area contributed by atoms with Gasteiger partial charge in [-0.3, -0.25) is 19.7 Å². The van der Waals surface area contributed by atoms with Crippen LogP contribution in [0.4, 0.5) is 17.1 Å². The molecular formula is C23H21N3O5. The quantitative estimate of drug-likeness (QED) is 0.399. The van der Waals surface area contributed by atoms with Crippen LogP contribution < -0.4 is 15.4 Å². The lowest BCUT2D eigenvalue weighted by Crippen LogP contribution is -2.20. The van der Waals surface area contributed by atoms with Crippen molar-refractivity contribution in [2.45, 2.75) is 12.8 Å². The lowest BCUT2D eigenvalue weighted by Gasteiger charge is -2.09. The monoisotopic (exact) mass is 419 g/mol. The van der Waals surface area contributed by atoms with E-state index >= 15 is 0 Å². The Balaban J connectivity index is 1.42. The molecule has 0 radical (unpaired) electrons. The Morgan fingerprint density at radius 2 is 1.39 bits per heavy atom. The lowest BCUT2D eigenvalue weighted by atomic mass is 10.1. The van der Waals surface area contributed by atoms with E-state index in [1.807, 2.05) is 30.3 Å². The van der Waals surface area contributed by atoms with E-state index in [1.165, 1.54) is 24.3 Å². The molecular weight excluding hydrogens is 398 g/mol. The van der Waals surface area contributed by atoms with Crippen LogP contribution in [0.2, 0.25) is 0 Å². The van der Waals surface area contributed by atoms with Gasteiger partial charge in [-0.25, -0.2) is 0 Å². The Labute approximate surface area is 179 Å². The van der Waals surface area contributed by atoms with E-state index in [9.17, 15) is 19.7 Å². The summed E-state index contributed by atoms with van der Waals surface area (Å²) >= 11 is 0. The smallest absolute Gasteiger partial charge is 0.269 e. The van der Waals surface area contributed by atoms with Gasteiger partial charge in [0.15, 0.2) is 6.61 Å². The van der Waals surface area contributed by atoms with Crippen LogP contribution in [0.25, 0.3) is 0 Å². The SMILES string of the molecule is O=C(CCc1ccccc1)Nc1ccc(NC(=O)COc2ccc([N+](=O)[O-])cc2)cc1. The number of anilines is 2. The highest BCUT2D eigenvalue weighted by molar-refractivity contribution is 5.93. The van der Waals surface area contributed by atoms with Crippen LogP contribution in [0.5, 0.6) is 5.75 Å². The number of hydrogen-bond acceptors (Lipinski definition) is 5. The van der Waals surface area contributed by atoms with Gasteiger partial charge in [-0.05, 0) is 48.4 Å². The van der Waals surface area contributed by atoms with Crippen molar-refractivity contribution in [2.75, 3.05) is 17.2 Å². The van der Waals surface area contributed by atoms with Gasteiger partial charge in [0.25, 0.3) is 11.6 Å². The number of nitro groups is 1. The zero-order valence-electron chi connectivity index (χ0n) is 16.6. The first-order valence-electron chi connectivity index (χ1n) is 9.60. The van der Waals surface area contributed by atoms with Crippen molar-refractivity contribution in [3.05, 3.63) is 94.5 Å². The normalized spacial score (nSPS) is 10.2. The molecule has 0 aromatic heterocycles. The van der Waals surface area contributed by atoms with Crippen molar-refractivity contribution in [2.24, 2.45) is 0 Å². The van der Waals surface area contributed by atoms with Gasteiger partial charge in [0.2, 0.25) is 5.91 Å². The third-order valence-corrected chi connectivity index (χ3v) is 4.35. The van der Waals surface area contributed by atoms with Crippen molar-refractivity contribution < 1.29 is 19.2 Å². The van der Waals surface area contributed by atoms with Gasteiger partial charge < -0.3 is 15.4 Å². The third-order valence-electron chi connectivity index (χ3n) is 4.35. The fourth-order valence-electron chi connectivity index (χ4n) is 2.77. The number of carbonyl (C=O) groups excluding carboxylic acids is 2. The highest BCUT2D eigenvalue weighted by Crippen LogP contribution is 2.18. The minimum atomic E-state index is -0.508. The molecule has 0 aliphatic carbocycles. The molecule has 0 fully saturated rings. The van der Waals surface area contributed by atoms with Crippen LogP contribution >= 0.6 is 0 Å².